The number of carbonyl (C=O) groups is 4. The number of hydrogen-bond donors (Lipinski definition) is 4. The fourth-order valence-corrected chi connectivity index (χ4v) is 3.55. The number of rotatable bonds is 17. The molecule has 36 heavy (non-hydrogen) atoms. The Balaban J connectivity index is 0. The number of esters is 3. The van der Waals surface area contributed by atoms with Gasteiger partial charge in [-0.05, 0) is 0 Å². The SMILES string of the molecule is C=CC(=O)OCC(O)COC(=O)CCP(C)(=O)O.C=CC(=O)OCC(O)COP(C)(=O)CCC(=O)O. The zero-order valence-corrected chi connectivity index (χ0v) is 21.9. The summed E-state index contributed by atoms with van der Waals surface area (Å²) in [5.41, 5.74) is 0. The van der Waals surface area contributed by atoms with Gasteiger partial charge in [0.2, 0.25) is 7.37 Å². The molecule has 208 valence electrons. The number of hydrogen-bond acceptors (Lipinski definition) is 12. The molecule has 14 nitrogen and oxygen atoms in total. The van der Waals surface area contributed by atoms with Crippen molar-refractivity contribution in [1.82, 2.24) is 0 Å². The summed E-state index contributed by atoms with van der Waals surface area (Å²) in [6.45, 7) is 7.52. The molecule has 0 spiro atoms. The summed E-state index contributed by atoms with van der Waals surface area (Å²) in [5, 5.41) is 27.1. The lowest BCUT2D eigenvalue weighted by Crippen LogP contribution is -2.25. The van der Waals surface area contributed by atoms with Crippen LogP contribution in [0.2, 0.25) is 0 Å². The highest BCUT2D eigenvalue weighted by molar-refractivity contribution is 7.58. The molecule has 0 saturated carbocycles. The average Bonchev–Trinajstić information content (AvgIpc) is 2.80. The monoisotopic (exact) mass is 560 g/mol. The number of ether oxygens (including phenoxy) is 3. The van der Waals surface area contributed by atoms with Crippen LogP contribution in [0.15, 0.2) is 25.3 Å². The fraction of sp³-hybridized carbons (Fsp3) is 0.600. The first-order chi connectivity index (χ1) is 16.5. The first kappa shape index (κ1) is 35.8. The van der Waals surface area contributed by atoms with Crippen LogP contribution in [0.4, 0.5) is 0 Å². The molecule has 0 fully saturated rings. The van der Waals surface area contributed by atoms with Gasteiger partial charge in [0, 0.05) is 37.8 Å². The number of aliphatic carboxylic acids is 1. The summed E-state index contributed by atoms with van der Waals surface area (Å²) in [4.78, 5) is 51.7. The third kappa shape index (κ3) is 24.8. The third-order valence-corrected chi connectivity index (χ3v) is 6.39. The van der Waals surface area contributed by atoms with E-state index in [1.165, 1.54) is 6.66 Å². The Hall–Kier alpha value is -2.34. The molecule has 0 aliphatic carbocycles. The van der Waals surface area contributed by atoms with E-state index in [4.69, 9.17) is 14.5 Å². The van der Waals surface area contributed by atoms with Gasteiger partial charge in [-0.3, -0.25) is 18.7 Å². The topological polar surface area (TPSA) is 220 Å². The van der Waals surface area contributed by atoms with Gasteiger partial charge in [0.15, 0.2) is 7.37 Å². The second kappa shape index (κ2) is 18.9. The van der Waals surface area contributed by atoms with Gasteiger partial charge in [-0.15, -0.1) is 0 Å². The van der Waals surface area contributed by atoms with Gasteiger partial charge < -0.3 is 38.9 Å². The van der Waals surface area contributed by atoms with Crippen molar-refractivity contribution in [2.24, 2.45) is 0 Å². The van der Waals surface area contributed by atoms with Crippen molar-refractivity contribution in [2.45, 2.75) is 25.0 Å². The van der Waals surface area contributed by atoms with Crippen molar-refractivity contribution in [3.05, 3.63) is 25.3 Å². The Kier molecular flexibility index (Phi) is 18.8. The standard InChI is InChI=1S/2C10H17O7P/c1-3-10(14)16-6-8(11)7-17-18(2,15)5-4-9(12)13;1-3-9(12)16-6-8(11)7-17-10(13)4-5-18(2,14)15/h3,8,11H,1,4-7H2,2H3,(H,12,13);3,8,11H,1,4-7H2,2H3,(H,14,15). The summed E-state index contributed by atoms with van der Waals surface area (Å²) in [7, 11) is -6.30. The summed E-state index contributed by atoms with van der Waals surface area (Å²) < 4.78 is 41.2. The smallest absolute Gasteiger partial charge is 0.330 e. The number of carboxylic acid groups (broad SMARTS) is 1. The minimum Gasteiger partial charge on any atom is -0.481 e. The van der Waals surface area contributed by atoms with Crippen LogP contribution in [0.5, 0.6) is 0 Å². The van der Waals surface area contributed by atoms with E-state index < -0.39 is 50.8 Å². The number of carbonyl (C=O) groups excluding carboxylic acids is 3. The molecule has 0 rings (SSSR count). The van der Waals surface area contributed by atoms with Crippen molar-refractivity contribution in [1.29, 1.82) is 0 Å². The van der Waals surface area contributed by atoms with Crippen molar-refractivity contribution in [2.75, 3.05) is 52.1 Å². The van der Waals surface area contributed by atoms with Gasteiger partial charge in [-0.2, -0.15) is 0 Å². The quantitative estimate of drug-likeness (QED) is 0.0818. The summed E-state index contributed by atoms with van der Waals surface area (Å²) in [5.74, 6) is -3.13. The van der Waals surface area contributed by atoms with Gasteiger partial charge >= 0.3 is 23.9 Å². The lowest BCUT2D eigenvalue weighted by atomic mass is 10.4. The minimum atomic E-state index is -3.24. The Morgan fingerprint density at radius 3 is 1.67 bits per heavy atom. The maximum absolute atomic E-state index is 11.7. The molecular weight excluding hydrogens is 526 g/mol. The van der Waals surface area contributed by atoms with E-state index in [1.54, 1.807) is 0 Å². The van der Waals surface area contributed by atoms with Crippen LogP contribution in [0.1, 0.15) is 12.8 Å². The molecule has 0 aromatic rings. The van der Waals surface area contributed by atoms with Crippen LogP contribution < -0.4 is 0 Å². The Labute approximate surface area is 208 Å². The maximum atomic E-state index is 11.7. The number of carboxylic acids is 1. The van der Waals surface area contributed by atoms with Gasteiger partial charge in [-0.1, -0.05) is 13.2 Å². The molecule has 0 amide bonds. The fourth-order valence-electron chi connectivity index (χ4n) is 1.74. The highest BCUT2D eigenvalue weighted by Crippen LogP contribution is 2.43. The van der Waals surface area contributed by atoms with Gasteiger partial charge in [0.25, 0.3) is 0 Å². The molecule has 0 aliphatic rings. The first-order valence-corrected chi connectivity index (χ1v) is 14.9. The van der Waals surface area contributed by atoms with E-state index in [0.29, 0.717) is 0 Å². The summed E-state index contributed by atoms with van der Waals surface area (Å²) >= 11 is 0. The summed E-state index contributed by atoms with van der Waals surface area (Å²) in [6, 6.07) is 0. The Morgan fingerprint density at radius 1 is 0.806 bits per heavy atom. The minimum absolute atomic E-state index is 0.110. The van der Waals surface area contributed by atoms with E-state index in [2.05, 4.69) is 27.4 Å². The first-order valence-electron chi connectivity index (χ1n) is 10.3. The van der Waals surface area contributed by atoms with E-state index in [9.17, 15) is 38.5 Å². The highest BCUT2D eigenvalue weighted by Gasteiger charge is 2.20. The van der Waals surface area contributed by atoms with Crippen LogP contribution in [0, 0.1) is 0 Å². The molecule has 0 aromatic heterocycles. The molecule has 0 bridgehead atoms. The van der Waals surface area contributed by atoms with Crippen LogP contribution in [0.25, 0.3) is 0 Å². The van der Waals surface area contributed by atoms with Gasteiger partial charge in [0.1, 0.15) is 32.0 Å². The van der Waals surface area contributed by atoms with Crippen LogP contribution in [-0.2, 0) is 47.0 Å². The van der Waals surface area contributed by atoms with Crippen molar-refractivity contribution in [3.8, 4) is 0 Å². The maximum Gasteiger partial charge on any atom is 0.330 e. The molecular formula is C20H34O14P2. The molecule has 4 unspecified atom stereocenters. The van der Waals surface area contributed by atoms with Crippen molar-refractivity contribution >= 4 is 38.6 Å². The molecule has 4 N–H and O–H groups in total. The van der Waals surface area contributed by atoms with Crippen molar-refractivity contribution in [3.63, 3.8) is 0 Å². The van der Waals surface area contributed by atoms with Crippen molar-refractivity contribution < 1.29 is 67.3 Å². The lowest BCUT2D eigenvalue weighted by molar-refractivity contribution is -0.149. The molecule has 0 saturated heterocycles. The summed E-state index contributed by atoms with van der Waals surface area (Å²) in [6.07, 6.45) is -1.12. The largest absolute Gasteiger partial charge is 0.481 e. The highest BCUT2D eigenvalue weighted by atomic mass is 31.2. The normalized spacial score (nSPS) is 15.4. The molecule has 0 aliphatic heterocycles. The van der Waals surface area contributed by atoms with Gasteiger partial charge in [-0.25, -0.2) is 9.59 Å². The predicted octanol–water partition coefficient (Wildman–Crippen LogP) is 0.386. The molecule has 0 heterocycles. The molecule has 16 heteroatoms. The molecule has 0 aromatic carbocycles. The van der Waals surface area contributed by atoms with Crippen LogP contribution in [0.3, 0.4) is 0 Å². The van der Waals surface area contributed by atoms with Crippen LogP contribution in [-0.4, -0.2) is 108 Å². The van der Waals surface area contributed by atoms with Gasteiger partial charge in [0.05, 0.1) is 19.4 Å². The number of aliphatic hydroxyl groups is 2. The average molecular weight is 560 g/mol. The third-order valence-electron chi connectivity index (χ3n) is 3.61. The second-order valence-corrected chi connectivity index (χ2v) is 12.6. The van der Waals surface area contributed by atoms with E-state index >= 15 is 0 Å². The Morgan fingerprint density at radius 2 is 1.25 bits per heavy atom. The molecule has 0 radical (unpaired) electrons. The van der Waals surface area contributed by atoms with E-state index in [0.717, 1.165) is 18.8 Å². The van der Waals surface area contributed by atoms with E-state index in [-0.39, 0.29) is 51.6 Å². The second-order valence-electron chi connectivity index (χ2n) is 7.36. The Bertz CT molecular complexity index is 834. The number of aliphatic hydroxyl groups excluding tert-OH is 2. The lowest BCUT2D eigenvalue weighted by Gasteiger charge is -2.16. The van der Waals surface area contributed by atoms with Crippen LogP contribution >= 0.6 is 14.7 Å². The zero-order valence-electron chi connectivity index (χ0n) is 20.1. The molecule has 4 atom stereocenters. The van der Waals surface area contributed by atoms with E-state index in [1.807, 2.05) is 0 Å². The predicted molar refractivity (Wildman–Crippen MR) is 127 cm³/mol. The zero-order chi connectivity index (χ0) is 28.4.